The van der Waals surface area contributed by atoms with Gasteiger partial charge >= 0.3 is 19.8 Å². The minimum absolute atomic E-state index is 0.108. The fraction of sp³-hybridized carbons (Fsp3) is 0.487. The van der Waals surface area contributed by atoms with Crippen LogP contribution in [0.2, 0.25) is 0 Å². The van der Waals surface area contributed by atoms with E-state index in [0.717, 1.165) is 75.3 Å². The Bertz CT molecular complexity index is 1390. The number of esters is 2. The van der Waals surface area contributed by atoms with Crippen molar-refractivity contribution in [1.82, 2.24) is 0 Å². The summed E-state index contributed by atoms with van der Waals surface area (Å²) in [6.07, 6.45) is 13.5. The summed E-state index contributed by atoms with van der Waals surface area (Å²) < 4.78 is 26.2. The van der Waals surface area contributed by atoms with Gasteiger partial charge in [-0.2, -0.15) is 0 Å². The fourth-order valence-electron chi connectivity index (χ4n) is 5.22. The van der Waals surface area contributed by atoms with Crippen molar-refractivity contribution in [3.63, 3.8) is 0 Å². The summed E-state index contributed by atoms with van der Waals surface area (Å²) in [5, 5.41) is 0. The maximum Gasteiger partial charge on any atom is 0.469 e. The molecule has 0 fully saturated rings. The number of unbranched alkanes of at least 4 members (excludes halogenated alkanes) is 10. The molecular weight excluding hydrogens is 659 g/mol. The fourth-order valence-corrected chi connectivity index (χ4v) is 5.58. The number of Topliss-reactive ketones (excluding diaryl/α,β-unsaturated/α-hetero) is 2. The highest BCUT2D eigenvalue weighted by molar-refractivity contribution is 7.46. The second-order valence-electron chi connectivity index (χ2n) is 12.3. The summed E-state index contributed by atoms with van der Waals surface area (Å²) in [5.41, 5.74) is 3.35. The summed E-state index contributed by atoms with van der Waals surface area (Å²) in [6.45, 7) is 6.45. The van der Waals surface area contributed by atoms with E-state index in [1.54, 1.807) is 12.2 Å². The van der Waals surface area contributed by atoms with Crippen molar-refractivity contribution < 1.29 is 47.5 Å². The lowest BCUT2D eigenvalue weighted by Gasteiger charge is -2.18. The monoisotopic (exact) mass is 712 g/mol. The average molecular weight is 713 g/mol. The molecule has 2 aromatic rings. The molecule has 2 aromatic carbocycles. The number of carbonyl (C=O) groups is 4. The third-order valence-electron chi connectivity index (χ3n) is 8.16. The van der Waals surface area contributed by atoms with Crippen molar-refractivity contribution >= 4 is 43.5 Å². The van der Waals surface area contributed by atoms with Gasteiger partial charge in [-0.25, -0.2) is 4.57 Å². The zero-order valence-corrected chi connectivity index (χ0v) is 30.0. The second-order valence-corrected chi connectivity index (χ2v) is 13.6. The Morgan fingerprint density at radius 1 is 0.580 bits per heavy atom. The Morgan fingerprint density at radius 2 is 0.960 bits per heavy atom. The number of phosphoric acid groups is 1. The minimum atomic E-state index is -4.81. The Balaban J connectivity index is 1.55. The lowest BCUT2D eigenvalue weighted by molar-refractivity contribution is -0.161. The van der Waals surface area contributed by atoms with Crippen molar-refractivity contribution in [2.45, 2.75) is 109 Å². The first-order valence-corrected chi connectivity index (χ1v) is 19.1. The van der Waals surface area contributed by atoms with Crippen LogP contribution >= 0.6 is 7.82 Å². The molecular formula is C39H53O10P. The van der Waals surface area contributed by atoms with Gasteiger partial charge in [-0.1, -0.05) is 125 Å². The predicted octanol–water partition coefficient (Wildman–Crippen LogP) is 8.84. The van der Waals surface area contributed by atoms with E-state index in [1.807, 2.05) is 48.5 Å². The lowest BCUT2D eigenvalue weighted by Crippen LogP contribution is -2.29. The zero-order chi connectivity index (χ0) is 36.6. The smallest absolute Gasteiger partial charge is 0.462 e. The van der Waals surface area contributed by atoms with E-state index in [1.165, 1.54) is 0 Å². The third kappa shape index (κ3) is 19.5. The SMILES string of the molecule is C=Cc1ccc(C(=O)CCCCCCCCC(=O)OC[C@H](COP(=O)(O)O)OC(=O)CCCCCCCCC(=O)c2ccc(C=C)cc2)cc1. The van der Waals surface area contributed by atoms with E-state index in [2.05, 4.69) is 17.7 Å². The number of phosphoric ester groups is 1. The second kappa shape index (κ2) is 24.5. The molecule has 1 atom stereocenters. The standard InChI is InChI=1S/C39H53O10P/c1-3-31-21-25-33(26-22-31)36(40)17-13-9-5-7-11-15-19-38(42)47-29-35(30-48-50(44,45)46)49-39(43)20-16-12-8-6-10-14-18-37(41)34-27-23-32(4-2)24-28-34/h3-4,21-28,35H,1-2,5-20,29-30H2,(H2,44,45,46)/t35-/m1/s1. The van der Waals surface area contributed by atoms with E-state index in [0.29, 0.717) is 36.8 Å². The molecule has 0 heterocycles. The molecule has 2 rings (SSSR count). The highest BCUT2D eigenvalue weighted by Gasteiger charge is 2.23. The number of hydrogen-bond donors (Lipinski definition) is 2. The zero-order valence-electron chi connectivity index (χ0n) is 29.1. The van der Waals surface area contributed by atoms with Crippen LogP contribution < -0.4 is 0 Å². The van der Waals surface area contributed by atoms with Crippen LogP contribution in [0.4, 0.5) is 0 Å². The van der Waals surface area contributed by atoms with Crippen LogP contribution in [0.3, 0.4) is 0 Å². The Morgan fingerprint density at radius 3 is 1.36 bits per heavy atom. The highest BCUT2D eigenvalue weighted by atomic mass is 31.2. The highest BCUT2D eigenvalue weighted by Crippen LogP contribution is 2.36. The summed E-state index contributed by atoms with van der Waals surface area (Å²) in [6, 6.07) is 14.8. The van der Waals surface area contributed by atoms with Gasteiger partial charge in [-0.05, 0) is 36.8 Å². The molecule has 0 aliphatic rings. The van der Waals surface area contributed by atoms with Crippen molar-refractivity contribution in [2.24, 2.45) is 0 Å². The van der Waals surface area contributed by atoms with E-state index in [-0.39, 0.29) is 31.0 Å². The molecule has 0 aliphatic carbocycles. The first-order chi connectivity index (χ1) is 24.0. The largest absolute Gasteiger partial charge is 0.469 e. The number of ether oxygens (including phenoxy) is 2. The predicted molar refractivity (Wildman–Crippen MR) is 194 cm³/mol. The molecule has 11 heteroatoms. The van der Waals surface area contributed by atoms with Gasteiger partial charge in [0.1, 0.15) is 6.61 Å². The first kappa shape index (κ1) is 42.5. The number of rotatable bonds is 28. The summed E-state index contributed by atoms with van der Waals surface area (Å²) in [5.74, 6) is -0.826. The first-order valence-electron chi connectivity index (χ1n) is 17.6. The molecule has 2 N–H and O–H groups in total. The topological polar surface area (TPSA) is 154 Å². The molecule has 274 valence electrons. The molecule has 10 nitrogen and oxygen atoms in total. The molecule has 50 heavy (non-hydrogen) atoms. The van der Waals surface area contributed by atoms with Crippen LogP contribution in [-0.2, 0) is 28.2 Å². The van der Waals surface area contributed by atoms with Gasteiger partial charge < -0.3 is 19.3 Å². The van der Waals surface area contributed by atoms with Gasteiger partial charge in [0.05, 0.1) is 6.61 Å². The van der Waals surface area contributed by atoms with Gasteiger partial charge in [0.25, 0.3) is 0 Å². The van der Waals surface area contributed by atoms with Crippen molar-refractivity contribution in [3.8, 4) is 0 Å². The van der Waals surface area contributed by atoms with E-state index in [9.17, 15) is 23.7 Å². The molecule has 0 aromatic heterocycles. The van der Waals surface area contributed by atoms with Crippen LogP contribution in [0.15, 0.2) is 61.7 Å². The molecule has 0 radical (unpaired) electrons. The van der Waals surface area contributed by atoms with Crippen molar-refractivity contribution in [1.29, 1.82) is 0 Å². The van der Waals surface area contributed by atoms with Gasteiger partial charge in [0.15, 0.2) is 17.7 Å². The van der Waals surface area contributed by atoms with Gasteiger partial charge in [0.2, 0.25) is 0 Å². The molecule has 0 saturated carbocycles. The number of ketones is 2. The average Bonchev–Trinajstić information content (AvgIpc) is 3.11. The number of hydrogen-bond acceptors (Lipinski definition) is 8. The van der Waals surface area contributed by atoms with Crippen LogP contribution in [0.5, 0.6) is 0 Å². The molecule has 0 aliphatic heterocycles. The number of carbonyl (C=O) groups excluding carboxylic acids is 4. The molecule has 0 spiro atoms. The maximum atomic E-state index is 12.4. The lowest BCUT2D eigenvalue weighted by atomic mass is 10.0. The van der Waals surface area contributed by atoms with Gasteiger partial charge in [0, 0.05) is 36.8 Å². The molecule has 0 amide bonds. The van der Waals surface area contributed by atoms with E-state index < -0.39 is 32.5 Å². The molecule has 0 saturated heterocycles. The Hall–Kier alpha value is -3.69. The van der Waals surface area contributed by atoms with E-state index in [4.69, 9.17) is 19.3 Å². The van der Waals surface area contributed by atoms with E-state index >= 15 is 0 Å². The normalized spacial score (nSPS) is 11.8. The maximum absolute atomic E-state index is 12.4. The van der Waals surface area contributed by atoms with Crippen LogP contribution in [0.25, 0.3) is 12.2 Å². The summed E-state index contributed by atoms with van der Waals surface area (Å²) >= 11 is 0. The Kier molecular flexibility index (Phi) is 20.8. The molecule has 0 bridgehead atoms. The van der Waals surface area contributed by atoms with Crippen molar-refractivity contribution in [2.75, 3.05) is 13.2 Å². The third-order valence-corrected chi connectivity index (χ3v) is 8.65. The number of benzene rings is 2. The molecule has 0 unspecified atom stereocenters. The van der Waals surface area contributed by atoms with Crippen LogP contribution in [-0.4, -0.2) is 52.6 Å². The quantitative estimate of drug-likeness (QED) is 0.0379. The van der Waals surface area contributed by atoms with Gasteiger partial charge in [-0.15, -0.1) is 0 Å². The van der Waals surface area contributed by atoms with Gasteiger partial charge in [-0.3, -0.25) is 23.7 Å². The summed E-state index contributed by atoms with van der Waals surface area (Å²) in [4.78, 5) is 67.4. The van der Waals surface area contributed by atoms with Crippen LogP contribution in [0, 0.1) is 0 Å². The van der Waals surface area contributed by atoms with Crippen molar-refractivity contribution in [3.05, 3.63) is 83.9 Å². The Labute approximate surface area is 296 Å². The summed E-state index contributed by atoms with van der Waals surface area (Å²) in [7, 11) is -4.81. The van der Waals surface area contributed by atoms with Crippen LogP contribution in [0.1, 0.15) is 135 Å². The minimum Gasteiger partial charge on any atom is -0.462 e.